The maximum atomic E-state index is 15.5. The highest BCUT2D eigenvalue weighted by atomic mass is 79.9. The zero-order chi connectivity index (χ0) is 84.3. The van der Waals surface area contributed by atoms with E-state index in [1.165, 1.54) is 62.3 Å². The molecule has 1 N–H and O–H groups in total. The Kier molecular flexibility index (Phi) is 31.5. The number of carbonyl (C=O) groups excluding carboxylic acids is 3. The number of ether oxygens (including phenoxy) is 7. The largest absolute Gasteiger partial charge is 0.444 e. The Balaban J connectivity index is 0.000000400. The molecule has 6 rings (SSSR count). The number of halogens is 14. The Morgan fingerprint density at radius 2 is 0.856 bits per heavy atom. The van der Waals surface area contributed by atoms with Crippen LogP contribution in [0.25, 0.3) is 23.2 Å². The van der Waals surface area contributed by atoms with E-state index in [9.17, 15) is 40.7 Å². The molecular weight excluding hydrogens is 1660 g/mol. The predicted molar refractivity (Wildman–Crippen MR) is 399 cm³/mol. The first-order chi connectivity index (χ1) is 50.5. The van der Waals surface area contributed by atoms with Crippen LogP contribution in [0.1, 0.15) is 177 Å². The summed E-state index contributed by atoms with van der Waals surface area (Å²) in [4.78, 5) is 47.6. The van der Waals surface area contributed by atoms with E-state index in [1.807, 2.05) is 13.8 Å². The van der Waals surface area contributed by atoms with Gasteiger partial charge in [0.2, 0.25) is 11.2 Å². The molecule has 3 amide bonds. The number of imide groups is 1. The zero-order valence-electron chi connectivity index (χ0n) is 65.8. The lowest BCUT2D eigenvalue weighted by Gasteiger charge is -2.38. The van der Waals surface area contributed by atoms with Crippen molar-refractivity contribution in [3.63, 3.8) is 0 Å². The van der Waals surface area contributed by atoms with Crippen molar-refractivity contribution in [1.29, 1.82) is 0 Å². The number of anilines is 2. The summed E-state index contributed by atoms with van der Waals surface area (Å²) in [7, 11) is -4.27. The van der Waals surface area contributed by atoms with Gasteiger partial charge in [0.25, 0.3) is 23.6 Å². The number of hydrogen-bond donors (Lipinski definition) is 1. The first-order valence-corrected chi connectivity index (χ1v) is 42.4. The average molecular weight is 1760 g/mol. The molecular formula is C73H98Br2F12N8O14Si2. The summed E-state index contributed by atoms with van der Waals surface area (Å²) >= 11 is 5.50. The lowest BCUT2D eigenvalue weighted by molar-refractivity contribution is -0.300. The Labute approximate surface area is 656 Å². The molecule has 0 saturated carbocycles. The summed E-state index contributed by atoms with van der Waals surface area (Å²) in [5.41, 5.74) is -14.9. The van der Waals surface area contributed by atoms with Gasteiger partial charge in [-0.15, -0.1) is 20.4 Å². The molecule has 0 radical (unpaired) electrons. The molecule has 620 valence electrons. The molecule has 4 aromatic heterocycles. The van der Waals surface area contributed by atoms with Crippen LogP contribution in [-0.4, -0.2) is 133 Å². The Bertz CT molecular complexity index is 4020. The SMILES string of the molecule is C[C@@H](COCCC[C@@](OCc1ccccc1)(c1nnc(-c2nc(Br)c(C(F)(F)F)cc2N(C(=O)OC(C)(C)C)C(=O)OC(C)(C)C)o1)C(F)(F)F)O[Si](C)(C)C(C)(C)C.C[C@@H](COCCC[C@@](OCc1ccccc1)(c1nnc(-c2nc(Br)c(C(F)(F)F)cc2NC(=O)OC(C)(C)C)o1)C(F)(F)F)O[Si](C)(C)C(C)(C)C. The number of nitrogens with zero attached hydrogens (tertiary/aromatic N) is 7. The molecule has 2 aromatic carbocycles. The number of hydrogen-bond acceptors (Lipinski definition) is 20. The third-order valence-corrected chi connectivity index (χ3v) is 27.5. The van der Waals surface area contributed by atoms with Gasteiger partial charge in [0.1, 0.15) is 26.0 Å². The fraction of sp³-hybridized carbons (Fsp3) is 0.603. The van der Waals surface area contributed by atoms with Gasteiger partial charge in [-0.1, -0.05) is 102 Å². The van der Waals surface area contributed by atoms with Crippen LogP contribution in [0.4, 0.5) is 78.4 Å². The van der Waals surface area contributed by atoms with E-state index in [0.717, 1.165) is 0 Å². The molecule has 0 aliphatic heterocycles. The number of pyridine rings is 2. The van der Waals surface area contributed by atoms with Crippen LogP contribution in [0.15, 0.2) is 90.8 Å². The lowest BCUT2D eigenvalue weighted by atomic mass is 9.96. The molecule has 22 nitrogen and oxygen atoms in total. The molecule has 0 saturated heterocycles. The van der Waals surface area contributed by atoms with Gasteiger partial charge in [-0.05, 0) is 193 Å². The van der Waals surface area contributed by atoms with E-state index in [2.05, 4.69) is 135 Å². The maximum Gasteiger partial charge on any atom is 0.426 e. The van der Waals surface area contributed by atoms with E-state index >= 15 is 26.3 Å². The number of benzene rings is 2. The molecule has 4 atom stereocenters. The Morgan fingerprint density at radius 1 is 0.505 bits per heavy atom. The second-order valence-corrected chi connectivity index (χ2v) is 43.1. The minimum Gasteiger partial charge on any atom is -0.444 e. The first-order valence-electron chi connectivity index (χ1n) is 35.0. The highest BCUT2D eigenvalue weighted by Crippen LogP contribution is 2.51. The summed E-state index contributed by atoms with van der Waals surface area (Å²) in [5, 5.41) is 16.9. The van der Waals surface area contributed by atoms with Crippen molar-refractivity contribution in [2.24, 2.45) is 0 Å². The van der Waals surface area contributed by atoms with Crippen molar-refractivity contribution in [2.45, 2.75) is 258 Å². The number of rotatable bonds is 28. The van der Waals surface area contributed by atoms with Crippen LogP contribution in [0.2, 0.25) is 36.3 Å². The molecule has 38 heteroatoms. The normalized spacial score (nSPS) is 14.8. The smallest absolute Gasteiger partial charge is 0.426 e. The Morgan fingerprint density at radius 3 is 1.20 bits per heavy atom. The quantitative estimate of drug-likeness (QED) is 0.0157. The van der Waals surface area contributed by atoms with E-state index in [4.69, 9.17) is 50.8 Å². The molecule has 0 bridgehead atoms. The number of alkyl halides is 12. The summed E-state index contributed by atoms with van der Waals surface area (Å²) in [5.74, 6) is -3.77. The minimum atomic E-state index is -5.22. The van der Waals surface area contributed by atoms with Gasteiger partial charge >= 0.3 is 43.0 Å². The summed E-state index contributed by atoms with van der Waals surface area (Å²) in [6, 6.07) is 17.0. The number of nitrogens with one attached hydrogen (secondary N) is 1. The molecule has 111 heavy (non-hydrogen) atoms. The summed E-state index contributed by atoms with van der Waals surface area (Å²) in [6.45, 7) is 36.6. The van der Waals surface area contributed by atoms with Crippen LogP contribution in [-0.2, 0) is 78.8 Å². The van der Waals surface area contributed by atoms with Gasteiger partial charge in [-0.2, -0.15) is 57.6 Å². The van der Waals surface area contributed by atoms with Crippen molar-refractivity contribution >= 4 is 78.1 Å². The van der Waals surface area contributed by atoms with E-state index in [-0.39, 0.29) is 66.5 Å². The average Bonchev–Trinajstić information content (AvgIpc) is 1.71. The second kappa shape index (κ2) is 36.9. The molecule has 0 spiro atoms. The summed E-state index contributed by atoms with van der Waals surface area (Å²) in [6.07, 6.45) is -27.1. The van der Waals surface area contributed by atoms with Crippen LogP contribution in [0.3, 0.4) is 0 Å². The van der Waals surface area contributed by atoms with Gasteiger partial charge in [0.15, 0.2) is 28.0 Å². The minimum absolute atomic E-state index is 0.0505. The third kappa shape index (κ3) is 27.0. The molecule has 0 aliphatic rings. The monoisotopic (exact) mass is 1750 g/mol. The van der Waals surface area contributed by atoms with Crippen molar-refractivity contribution in [3.05, 3.63) is 116 Å². The topological polar surface area (TPSA) is 253 Å². The first kappa shape index (κ1) is 94.9. The van der Waals surface area contributed by atoms with Crippen LogP contribution in [0, 0.1) is 0 Å². The molecule has 0 unspecified atom stereocenters. The van der Waals surface area contributed by atoms with E-state index < -0.39 is 180 Å². The van der Waals surface area contributed by atoms with Gasteiger partial charge in [-0.3, -0.25) is 5.32 Å². The Hall–Kier alpha value is -6.66. The van der Waals surface area contributed by atoms with Gasteiger partial charge in [0.05, 0.1) is 61.1 Å². The predicted octanol–water partition coefficient (Wildman–Crippen LogP) is 22.2. The fourth-order valence-corrected chi connectivity index (χ4v) is 13.6. The molecule has 0 aliphatic carbocycles. The van der Waals surface area contributed by atoms with Gasteiger partial charge in [-0.25, -0.2) is 24.4 Å². The van der Waals surface area contributed by atoms with E-state index in [1.54, 1.807) is 60.7 Å². The molecule has 4 heterocycles. The van der Waals surface area contributed by atoms with Gasteiger partial charge in [0, 0.05) is 13.2 Å². The van der Waals surface area contributed by atoms with Gasteiger partial charge < -0.3 is 50.8 Å². The van der Waals surface area contributed by atoms with Crippen LogP contribution >= 0.6 is 31.9 Å². The third-order valence-electron chi connectivity index (χ3n) is 17.0. The highest BCUT2D eigenvalue weighted by Gasteiger charge is 2.63. The lowest BCUT2D eigenvalue weighted by Crippen LogP contribution is -2.45. The molecule has 6 aromatic rings. The second-order valence-electron chi connectivity index (χ2n) is 32.1. The van der Waals surface area contributed by atoms with E-state index in [0.29, 0.717) is 23.3 Å². The number of carbonyl (C=O) groups is 3. The van der Waals surface area contributed by atoms with Crippen molar-refractivity contribution in [1.82, 2.24) is 30.4 Å². The van der Waals surface area contributed by atoms with Crippen molar-refractivity contribution < 1.29 is 118 Å². The summed E-state index contributed by atoms with van der Waals surface area (Å²) < 4.78 is 237. The zero-order valence-corrected chi connectivity index (χ0v) is 71.0. The fourth-order valence-electron chi connectivity index (χ4n) is 9.72. The van der Waals surface area contributed by atoms with Crippen LogP contribution < -0.4 is 10.2 Å². The van der Waals surface area contributed by atoms with Crippen molar-refractivity contribution in [2.75, 3.05) is 36.6 Å². The molecule has 0 fully saturated rings. The van der Waals surface area contributed by atoms with Crippen molar-refractivity contribution in [3.8, 4) is 23.2 Å². The number of amides is 3. The number of aromatic nitrogens is 6. The maximum absolute atomic E-state index is 15.5. The standard InChI is InChI=1S/C39H53BrF6N4O8Si.C34H45BrF6N4O6Si/c1-24(58-59(11,12)36(8,9)10)22-53-20-16-19-37(39(44,45)46,54-23-25-17-14-13-15-18-25)31-49-48-30(55-31)28-27(21-26(29(40)47-28)38(41,42)43)50(32(51)56-34(2,3)4)33(52)57-35(5,6)7;1-21(51-52(8,9)31(5,6)7)19-47-17-13-16-32(34(39,40)41,48-20-22-14-11-10-12-15-22)28-45-44-27(49-28)25-24(42-29(46)50-30(2,3)4)18-23(26(35)43-25)33(36,37)38/h13-15,17-18,21,24H,16,19-20,22-23H2,1-12H3;10-12,14-15,18,21H,13,16-17,19-20H2,1-9H3,(H,42,46)/t24-,37+;21-,32+/m00/s1. The van der Waals surface area contributed by atoms with Crippen LogP contribution in [0.5, 0.6) is 0 Å². The highest BCUT2D eigenvalue weighted by molar-refractivity contribution is 9.10.